The molecule has 0 bridgehead atoms. The first-order chi connectivity index (χ1) is 9.63. The lowest BCUT2D eigenvalue weighted by molar-refractivity contribution is 0.866. The van der Waals surface area contributed by atoms with Gasteiger partial charge >= 0.3 is 0 Å². The minimum absolute atomic E-state index is 0.796. The van der Waals surface area contributed by atoms with Gasteiger partial charge in [0.1, 0.15) is 0 Å². The molecule has 3 heteroatoms. The molecule has 0 aromatic heterocycles. The third kappa shape index (κ3) is 3.23. The van der Waals surface area contributed by atoms with Gasteiger partial charge in [0, 0.05) is 35.8 Å². The van der Waals surface area contributed by atoms with Crippen molar-refractivity contribution in [2.45, 2.75) is 20.8 Å². The van der Waals surface area contributed by atoms with Crippen LogP contribution in [-0.4, -0.2) is 13.1 Å². The van der Waals surface area contributed by atoms with Crippen molar-refractivity contribution in [2.75, 3.05) is 29.0 Å². The smallest absolute Gasteiger partial charge is 0.0415 e. The predicted octanol–water partition coefficient (Wildman–Crippen LogP) is 4.17. The Bertz CT molecular complexity index is 557. The maximum atomic E-state index is 5.77. The van der Waals surface area contributed by atoms with Crippen molar-refractivity contribution in [1.82, 2.24) is 0 Å². The number of nitrogens with zero attached hydrogens (tertiary/aromatic N) is 1. The predicted molar refractivity (Wildman–Crippen MR) is 88.9 cm³/mol. The van der Waals surface area contributed by atoms with Gasteiger partial charge in [-0.1, -0.05) is 0 Å². The Labute approximate surface area is 121 Å². The number of rotatable bonds is 5. The van der Waals surface area contributed by atoms with E-state index in [1.54, 1.807) is 0 Å². The number of aryl methyl sites for hydroxylation is 1. The average molecular weight is 269 g/mol. The number of nitrogen functional groups attached to an aromatic ring is 1. The first-order valence-electron chi connectivity index (χ1n) is 7.12. The van der Waals surface area contributed by atoms with Crippen molar-refractivity contribution >= 4 is 22.7 Å². The van der Waals surface area contributed by atoms with E-state index in [2.05, 4.69) is 55.3 Å². The van der Waals surface area contributed by atoms with E-state index in [-0.39, 0.29) is 0 Å². The molecule has 0 aliphatic rings. The zero-order chi connectivity index (χ0) is 14.5. The summed E-state index contributed by atoms with van der Waals surface area (Å²) in [4.78, 5) is 2.33. The maximum Gasteiger partial charge on any atom is 0.0415 e. The Morgan fingerprint density at radius 1 is 1.00 bits per heavy atom. The quantitative estimate of drug-likeness (QED) is 0.801. The molecule has 20 heavy (non-hydrogen) atoms. The van der Waals surface area contributed by atoms with Crippen LogP contribution in [0.15, 0.2) is 42.5 Å². The van der Waals surface area contributed by atoms with Crippen LogP contribution in [0.25, 0.3) is 0 Å². The standard InChI is InChI=1S/C17H23N3/c1-4-20(5-2)16-9-7-15(8-10-16)19-17-11-6-14(18)12-13(17)3/h6-12,19H,4-5,18H2,1-3H3. The number of anilines is 4. The summed E-state index contributed by atoms with van der Waals surface area (Å²) < 4.78 is 0. The van der Waals surface area contributed by atoms with Gasteiger partial charge in [-0.2, -0.15) is 0 Å². The highest BCUT2D eigenvalue weighted by atomic mass is 15.1. The Balaban J connectivity index is 2.14. The van der Waals surface area contributed by atoms with Crippen LogP contribution < -0.4 is 16.0 Å². The summed E-state index contributed by atoms with van der Waals surface area (Å²) in [6.45, 7) is 8.46. The number of benzene rings is 2. The molecule has 3 nitrogen and oxygen atoms in total. The van der Waals surface area contributed by atoms with Crippen molar-refractivity contribution in [3.8, 4) is 0 Å². The second-order valence-corrected chi connectivity index (χ2v) is 4.92. The molecule has 3 N–H and O–H groups in total. The molecule has 0 amide bonds. The van der Waals surface area contributed by atoms with Crippen LogP contribution in [0.4, 0.5) is 22.7 Å². The van der Waals surface area contributed by atoms with Gasteiger partial charge in [-0.3, -0.25) is 0 Å². The fourth-order valence-electron chi connectivity index (χ4n) is 2.33. The van der Waals surface area contributed by atoms with Crippen LogP contribution in [0.3, 0.4) is 0 Å². The van der Waals surface area contributed by atoms with Gasteiger partial charge in [0.05, 0.1) is 0 Å². The summed E-state index contributed by atoms with van der Waals surface area (Å²) >= 11 is 0. The summed E-state index contributed by atoms with van der Waals surface area (Å²) in [6.07, 6.45) is 0. The summed E-state index contributed by atoms with van der Waals surface area (Å²) in [7, 11) is 0. The van der Waals surface area contributed by atoms with E-state index in [4.69, 9.17) is 5.73 Å². The molecule has 2 aromatic carbocycles. The molecule has 0 aliphatic heterocycles. The van der Waals surface area contributed by atoms with E-state index in [1.165, 1.54) is 5.69 Å². The average Bonchev–Trinajstić information content (AvgIpc) is 2.45. The van der Waals surface area contributed by atoms with Gasteiger partial charge in [0.2, 0.25) is 0 Å². The lowest BCUT2D eigenvalue weighted by Gasteiger charge is -2.21. The fourth-order valence-corrected chi connectivity index (χ4v) is 2.33. The molecule has 0 atom stereocenters. The fraction of sp³-hybridized carbons (Fsp3) is 0.294. The van der Waals surface area contributed by atoms with Gasteiger partial charge in [-0.05, 0) is 68.8 Å². The highest BCUT2D eigenvalue weighted by Gasteiger charge is 2.03. The summed E-state index contributed by atoms with van der Waals surface area (Å²) in [5.74, 6) is 0. The Kier molecular flexibility index (Phi) is 4.51. The molecule has 106 valence electrons. The minimum atomic E-state index is 0.796. The molecule has 0 fully saturated rings. The van der Waals surface area contributed by atoms with E-state index in [1.807, 2.05) is 18.2 Å². The molecule has 0 radical (unpaired) electrons. The zero-order valence-electron chi connectivity index (χ0n) is 12.5. The van der Waals surface area contributed by atoms with Gasteiger partial charge in [0.25, 0.3) is 0 Å². The zero-order valence-corrected chi connectivity index (χ0v) is 12.5. The highest BCUT2D eigenvalue weighted by molar-refractivity contribution is 5.67. The summed E-state index contributed by atoms with van der Waals surface area (Å²) in [5.41, 5.74) is 11.2. The summed E-state index contributed by atoms with van der Waals surface area (Å²) in [5, 5.41) is 3.43. The molecule has 0 aliphatic carbocycles. The third-order valence-electron chi connectivity index (χ3n) is 3.53. The molecule has 2 rings (SSSR count). The van der Waals surface area contributed by atoms with Crippen LogP contribution in [0.2, 0.25) is 0 Å². The summed E-state index contributed by atoms with van der Waals surface area (Å²) in [6, 6.07) is 14.5. The second kappa shape index (κ2) is 6.33. The van der Waals surface area contributed by atoms with Crippen molar-refractivity contribution in [3.63, 3.8) is 0 Å². The van der Waals surface area contributed by atoms with Crippen LogP contribution in [0.5, 0.6) is 0 Å². The van der Waals surface area contributed by atoms with Crippen molar-refractivity contribution in [2.24, 2.45) is 0 Å². The Morgan fingerprint density at radius 3 is 2.20 bits per heavy atom. The van der Waals surface area contributed by atoms with Crippen LogP contribution in [0, 0.1) is 6.92 Å². The Morgan fingerprint density at radius 2 is 1.65 bits per heavy atom. The topological polar surface area (TPSA) is 41.3 Å². The molecular formula is C17H23N3. The number of hydrogen-bond donors (Lipinski definition) is 2. The van der Waals surface area contributed by atoms with Crippen LogP contribution in [-0.2, 0) is 0 Å². The van der Waals surface area contributed by atoms with E-state index >= 15 is 0 Å². The van der Waals surface area contributed by atoms with E-state index in [0.717, 1.165) is 35.7 Å². The number of hydrogen-bond acceptors (Lipinski definition) is 3. The van der Waals surface area contributed by atoms with Gasteiger partial charge < -0.3 is 16.0 Å². The number of nitrogens with one attached hydrogen (secondary N) is 1. The molecule has 0 saturated carbocycles. The van der Waals surface area contributed by atoms with Crippen LogP contribution >= 0.6 is 0 Å². The Hall–Kier alpha value is -2.16. The normalized spacial score (nSPS) is 10.3. The van der Waals surface area contributed by atoms with E-state index in [9.17, 15) is 0 Å². The largest absolute Gasteiger partial charge is 0.399 e. The number of nitrogens with two attached hydrogens (primary N) is 1. The SMILES string of the molecule is CCN(CC)c1ccc(Nc2ccc(N)cc2C)cc1. The van der Waals surface area contributed by atoms with Gasteiger partial charge in [-0.15, -0.1) is 0 Å². The van der Waals surface area contributed by atoms with Gasteiger partial charge in [-0.25, -0.2) is 0 Å². The van der Waals surface area contributed by atoms with E-state index in [0.29, 0.717) is 0 Å². The van der Waals surface area contributed by atoms with Crippen molar-refractivity contribution in [3.05, 3.63) is 48.0 Å². The second-order valence-electron chi connectivity index (χ2n) is 4.92. The molecule has 0 heterocycles. The van der Waals surface area contributed by atoms with Crippen molar-refractivity contribution in [1.29, 1.82) is 0 Å². The molecule has 0 unspecified atom stereocenters. The highest BCUT2D eigenvalue weighted by Crippen LogP contribution is 2.24. The molecule has 0 saturated heterocycles. The first kappa shape index (κ1) is 14.3. The molecule has 2 aromatic rings. The lowest BCUT2D eigenvalue weighted by Crippen LogP contribution is -2.21. The minimum Gasteiger partial charge on any atom is -0.399 e. The monoisotopic (exact) mass is 269 g/mol. The van der Waals surface area contributed by atoms with Crippen LogP contribution in [0.1, 0.15) is 19.4 Å². The molecular weight excluding hydrogens is 246 g/mol. The van der Waals surface area contributed by atoms with Crippen molar-refractivity contribution < 1.29 is 0 Å². The maximum absolute atomic E-state index is 5.77. The van der Waals surface area contributed by atoms with E-state index < -0.39 is 0 Å². The first-order valence-corrected chi connectivity index (χ1v) is 7.12. The lowest BCUT2D eigenvalue weighted by atomic mass is 10.1. The third-order valence-corrected chi connectivity index (χ3v) is 3.53. The van der Waals surface area contributed by atoms with Gasteiger partial charge in [0.15, 0.2) is 0 Å². The molecule has 0 spiro atoms.